The van der Waals surface area contributed by atoms with Crippen molar-refractivity contribution in [2.45, 2.75) is 98.8 Å². The maximum absolute atomic E-state index is 9.45. The highest BCUT2D eigenvalue weighted by Gasteiger charge is 2.55. The molecule has 29 heavy (non-hydrogen) atoms. The first-order valence-electron chi connectivity index (χ1n) is 12.8. The second kappa shape index (κ2) is 8.18. The van der Waals surface area contributed by atoms with Crippen molar-refractivity contribution in [2.24, 2.45) is 46.3 Å². The number of fused-ring (bicyclic) bond motifs is 4. The van der Waals surface area contributed by atoms with Crippen molar-refractivity contribution in [3.8, 4) is 0 Å². The number of rotatable bonds is 5. The van der Waals surface area contributed by atoms with Crippen LogP contribution in [0.1, 0.15) is 98.8 Å². The quantitative estimate of drug-likeness (QED) is 0.474. The number of hydrogen-bond donors (Lipinski definition) is 1. The Balaban J connectivity index is 1.54. The van der Waals surface area contributed by atoms with E-state index >= 15 is 0 Å². The summed E-state index contributed by atoms with van der Waals surface area (Å²) in [5, 5.41) is 9.45. The lowest BCUT2D eigenvalue weighted by atomic mass is 9.51. The molecule has 1 nitrogen and oxygen atoms in total. The molecule has 0 heterocycles. The topological polar surface area (TPSA) is 20.2 Å². The molecule has 0 amide bonds. The van der Waals surface area contributed by atoms with Crippen molar-refractivity contribution in [1.82, 2.24) is 0 Å². The Morgan fingerprint density at radius 2 is 1.76 bits per heavy atom. The van der Waals surface area contributed by atoms with Crippen LogP contribution in [0.3, 0.4) is 0 Å². The lowest BCUT2D eigenvalue weighted by Gasteiger charge is -2.54. The minimum absolute atomic E-state index is 0.291. The van der Waals surface area contributed by atoms with Crippen molar-refractivity contribution in [2.75, 3.05) is 6.61 Å². The third kappa shape index (κ3) is 3.58. The summed E-state index contributed by atoms with van der Waals surface area (Å²) in [4.78, 5) is 0. The van der Waals surface area contributed by atoms with Gasteiger partial charge in [0, 0.05) is 6.61 Å². The molecule has 2 saturated carbocycles. The first kappa shape index (κ1) is 21.7. The van der Waals surface area contributed by atoms with E-state index in [0.717, 1.165) is 17.8 Å². The van der Waals surface area contributed by atoms with Gasteiger partial charge in [-0.05, 0) is 97.7 Å². The molecule has 2 unspecified atom stereocenters. The van der Waals surface area contributed by atoms with Gasteiger partial charge in [-0.15, -0.1) is 0 Å². The van der Waals surface area contributed by atoms with Crippen LogP contribution in [0, 0.1) is 46.3 Å². The smallest absolute Gasteiger partial charge is 0.0462 e. The molecule has 0 aromatic heterocycles. The second-order valence-electron chi connectivity index (χ2n) is 11.9. The van der Waals surface area contributed by atoms with Gasteiger partial charge < -0.3 is 5.11 Å². The zero-order valence-electron chi connectivity index (χ0n) is 19.8. The van der Waals surface area contributed by atoms with E-state index in [9.17, 15) is 5.11 Å². The molecule has 4 aliphatic carbocycles. The van der Waals surface area contributed by atoms with E-state index in [1.54, 1.807) is 0 Å². The summed E-state index contributed by atoms with van der Waals surface area (Å²) in [6, 6.07) is 0. The number of aliphatic hydroxyl groups is 1. The largest absolute Gasteiger partial charge is 0.396 e. The van der Waals surface area contributed by atoms with Crippen LogP contribution in [0.15, 0.2) is 23.3 Å². The Morgan fingerprint density at radius 1 is 0.966 bits per heavy atom. The molecular weight excluding hydrogens is 352 g/mol. The Labute approximate surface area is 180 Å². The van der Waals surface area contributed by atoms with Crippen LogP contribution in [0.2, 0.25) is 0 Å². The van der Waals surface area contributed by atoms with E-state index in [4.69, 9.17) is 0 Å². The fraction of sp³-hybridized carbons (Fsp3) is 0.857. The molecule has 0 aliphatic heterocycles. The lowest BCUT2D eigenvalue weighted by Crippen LogP contribution is -2.43. The van der Waals surface area contributed by atoms with Crippen molar-refractivity contribution >= 4 is 0 Å². The van der Waals surface area contributed by atoms with Gasteiger partial charge in [-0.3, -0.25) is 0 Å². The van der Waals surface area contributed by atoms with Gasteiger partial charge in [0.15, 0.2) is 0 Å². The highest BCUT2D eigenvalue weighted by Crippen LogP contribution is 2.65. The van der Waals surface area contributed by atoms with Crippen molar-refractivity contribution in [1.29, 1.82) is 0 Å². The van der Waals surface area contributed by atoms with Gasteiger partial charge in [0.05, 0.1) is 0 Å². The summed E-state index contributed by atoms with van der Waals surface area (Å²) in [6.45, 7) is 12.5. The number of allylic oxidation sites excluding steroid dienone is 4. The molecule has 4 rings (SSSR count). The Kier molecular flexibility index (Phi) is 6.11. The number of hydrogen-bond acceptors (Lipinski definition) is 1. The molecule has 8 atom stereocenters. The van der Waals surface area contributed by atoms with Gasteiger partial charge in [0.2, 0.25) is 0 Å². The maximum Gasteiger partial charge on any atom is 0.0462 e. The third-order valence-electron chi connectivity index (χ3n) is 10.5. The molecule has 0 aromatic rings. The average Bonchev–Trinajstić information content (AvgIpc) is 3.08. The van der Waals surface area contributed by atoms with Crippen molar-refractivity contribution in [3.63, 3.8) is 0 Å². The van der Waals surface area contributed by atoms with E-state index in [1.165, 1.54) is 64.2 Å². The lowest BCUT2D eigenvalue weighted by molar-refractivity contribution is 0.0746. The average molecular weight is 399 g/mol. The summed E-state index contributed by atoms with van der Waals surface area (Å²) in [6.07, 6.45) is 19.3. The second-order valence-corrected chi connectivity index (χ2v) is 11.9. The zero-order valence-corrected chi connectivity index (χ0v) is 19.8. The monoisotopic (exact) mass is 398 g/mol. The first-order chi connectivity index (χ1) is 13.8. The van der Waals surface area contributed by atoms with Crippen LogP contribution >= 0.6 is 0 Å². The summed E-state index contributed by atoms with van der Waals surface area (Å²) in [5.74, 6) is 4.15. The summed E-state index contributed by atoms with van der Waals surface area (Å²) in [5.41, 5.74) is 4.95. The molecule has 164 valence electrons. The standard InChI is InChI=1S/C28H46O/c1-19(21(3)18-29)9-10-20(2)24-13-14-25-23-12-11-22-8-6-7-16-27(22,4)26(23)15-17-28(24,25)5/h9-10,19-22,24-25,29H,6-8,11-18H2,1-5H3/t19-,20+,21?,22?,24+,25-,27-,28+/m0/s1. The highest BCUT2D eigenvalue weighted by molar-refractivity contribution is 5.34. The van der Waals surface area contributed by atoms with Crippen LogP contribution < -0.4 is 0 Å². The van der Waals surface area contributed by atoms with E-state index in [2.05, 4.69) is 46.8 Å². The number of aliphatic hydroxyl groups excluding tert-OH is 1. The fourth-order valence-corrected chi connectivity index (χ4v) is 8.24. The molecule has 2 fully saturated rings. The Hall–Kier alpha value is -0.560. The molecule has 0 spiro atoms. The van der Waals surface area contributed by atoms with E-state index in [-0.39, 0.29) is 0 Å². The Bertz CT molecular complexity index is 659. The zero-order chi connectivity index (χ0) is 20.8. The molecule has 0 aromatic carbocycles. The molecule has 1 N–H and O–H groups in total. The van der Waals surface area contributed by atoms with Crippen molar-refractivity contribution < 1.29 is 5.11 Å². The molecule has 0 saturated heterocycles. The SMILES string of the molecule is CC(CO)[C@@H](C)C=C[C@@H](C)[C@H]1CC[C@H]2C3=C(CC[C@]12C)[C@@]1(C)CCCCC1CC3. The Morgan fingerprint density at radius 3 is 2.52 bits per heavy atom. The van der Waals surface area contributed by atoms with Crippen LogP contribution in [0.4, 0.5) is 0 Å². The van der Waals surface area contributed by atoms with E-state index < -0.39 is 0 Å². The molecule has 0 bridgehead atoms. The summed E-state index contributed by atoms with van der Waals surface area (Å²) < 4.78 is 0. The van der Waals surface area contributed by atoms with Crippen LogP contribution in [-0.2, 0) is 0 Å². The maximum atomic E-state index is 9.45. The van der Waals surface area contributed by atoms with Gasteiger partial charge >= 0.3 is 0 Å². The van der Waals surface area contributed by atoms with E-state index in [1.807, 2.05) is 11.1 Å². The molecule has 1 heteroatoms. The predicted octanol–water partition coefficient (Wildman–Crippen LogP) is 7.56. The fourth-order valence-electron chi connectivity index (χ4n) is 8.24. The van der Waals surface area contributed by atoms with Crippen LogP contribution in [-0.4, -0.2) is 11.7 Å². The first-order valence-corrected chi connectivity index (χ1v) is 12.8. The molecule has 0 radical (unpaired) electrons. The predicted molar refractivity (Wildman–Crippen MR) is 124 cm³/mol. The van der Waals surface area contributed by atoms with Gasteiger partial charge in [-0.25, -0.2) is 0 Å². The van der Waals surface area contributed by atoms with Gasteiger partial charge in [-0.2, -0.15) is 0 Å². The van der Waals surface area contributed by atoms with Crippen LogP contribution in [0.5, 0.6) is 0 Å². The summed E-state index contributed by atoms with van der Waals surface area (Å²) in [7, 11) is 0. The third-order valence-corrected chi connectivity index (χ3v) is 10.5. The van der Waals surface area contributed by atoms with E-state index in [0.29, 0.717) is 35.2 Å². The molecule has 4 aliphatic rings. The molecular formula is C28H46O. The minimum atomic E-state index is 0.291. The minimum Gasteiger partial charge on any atom is -0.396 e. The van der Waals surface area contributed by atoms with Gasteiger partial charge in [0.25, 0.3) is 0 Å². The highest BCUT2D eigenvalue weighted by atomic mass is 16.3. The van der Waals surface area contributed by atoms with Gasteiger partial charge in [0.1, 0.15) is 0 Å². The van der Waals surface area contributed by atoms with Crippen LogP contribution in [0.25, 0.3) is 0 Å². The van der Waals surface area contributed by atoms with Crippen molar-refractivity contribution in [3.05, 3.63) is 23.3 Å². The van der Waals surface area contributed by atoms with Gasteiger partial charge in [-0.1, -0.05) is 70.8 Å². The normalized spacial score (nSPS) is 42.9. The summed E-state index contributed by atoms with van der Waals surface area (Å²) >= 11 is 0.